The van der Waals surface area contributed by atoms with E-state index in [1.165, 1.54) is 12.1 Å². The second kappa shape index (κ2) is 8.32. The van der Waals surface area contributed by atoms with Crippen LogP contribution < -0.4 is 15.8 Å². The highest BCUT2D eigenvalue weighted by molar-refractivity contribution is 7.89. The van der Waals surface area contributed by atoms with Gasteiger partial charge in [0.25, 0.3) is 0 Å². The normalized spacial score (nSPS) is 11.2. The molecule has 0 fully saturated rings. The molecule has 3 rings (SSSR count). The van der Waals surface area contributed by atoms with Gasteiger partial charge in [0.2, 0.25) is 16.0 Å². The van der Waals surface area contributed by atoms with Crippen molar-refractivity contribution in [2.45, 2.75) is 25.2 Å². The first-order valence-electron chi connectivity index (χ1n) is 8.71. The van der Waals surface area contributed by atoms with Crippen molar-refractivity contribution in [3.63, 3.8) is 0 Å². The molecule has 0 unspecified atom stereocenters. The number of nitrogens with zero attached hydrogens (tertiary/aromatic N) is 3. The smallest absolute Gasteiger partial charge is 0.249 e. The molecule has 0 spiro atoms. The van der Waals surface area contributed by atoms with Gasteiger partial charge in [0.05, 0.1) is 11.1 Å². The lowest BCUT2D eigenvalue weighted by Crippen LogP contribution is -2.12. The minimum atomic E-state index is -3.67. The second-order valence-electron chi connectivity index (χ2n) is 6.42. The second-order valence-corrected chi connectivity index (χ2v) is 7.98. The van der Waals surface area contributed by atoms with Gasteiger partial charge in [0.1, 0.15) is 0 Å². The number of aromatic nitrogens is 3. The van der Waals surface area contributed by atoms with Gasteiger partial charge < -0.3 is 10.6 Å². The van der Waals surface area contributed by atoms with Gasteiger partial charge in [-0.05, 0) is 49.1 Å². The predicted molar refractivity (Wildman–Crippen MR) is 109 cm³/mol. The van der Waals surface area contributed by atoms with Crippen molar-refractivity contribution in [3.8, 4) is 0 Å². The minimum Gasteiger partial charge on any atom is -0.368 e. The summed E-state index contributed by atoms with van der Waals surface area (Å²) in [4.78, 5) is 4.54. The lowest BCUT2D eigenvalue weighted by molar-refractivity contribution is 0.598. The van der Waals surface area contributed by atoms with Crippen molar-refractivity contribution < 1.29 is 8.42 Å². The van der Waals surface area contributed by atoms with E-state index in [1.54, 1.807) is 18.3 Å². The number of hydrogen-bond donors (Lipinski definition) is 3. The largest absolute Gasteiger partial charge is 0.368 e. The first kappa shape index (κ1) is 19.7. The Morgan fingerprint density at radius 2 is 1.71 bits per heavy atom. The van der Waals surface area contributed by atoms with Crippen LogP contribution in [0.5, 0.6) is 0 Å². The van der Waals surface area contributed by atoms with Gasteiger partial charge in [-0.1, -0.05) is 30.3 Å². The van der Waals surface area contributed by atoms with Gasteiger partial charge >= 0.3 is 0 Å². The summed E-state index contributed by atoms with van der Waals surface area (Å²) in [5.74, 6) is 1.02. The third-order valence-electron chi connectivity index (χ3n) is 4.25. The van der Waals surface area contributed by atoms with Crippen molar-refractivity contribution in [2.75, 3.05) is 17.2 Å². The molecule has 8 nitrogen and oxygen atoms in total. The molecule has 4 N–H and O–H groups in total. The van der Waals surface area contributed by atoms with Crippen LogP contribution in [0.15, 0.2) is 53.6 Å². The summed E-state index contributed by atoms with van der Waals surface area (Å²) in [7, 11) is -3.67. The Labute approximate surface area is 164 Å². The number of hydrogen-bond acceptors (Lipinski definition) is 7. The maximum absolute atomic E-state index is 11.3. The predicted octanol–water partition coefficient (Wildman–Crippen LogP) is 2.53. The fourth-order valence-corrected chi connectivity index (χ4v) is 3.26. The van der Waals surface area contributed by atoms with E-state index in [4.69, 9.17) is 5.14 Å². The Morgan fingerprint density at radius 3 is 2.36 bits per heavy atom. The molecular formula is C19H22N6O2S. The van der Waals surface area contributed by atoms with Gasteiger partial charge in [0, 0.05) is 12.2 Å². The van der Waals surface area contributed by atoms with E-state index in [-0.39, 0.29) is 4.90 Å². The molecule has 1 heterocycles. The van der Waals surface area contributed by atoms with Crippen molar-refractivity contribution >= 4 is 27.5 Å². The molecule has 28 heavy (non-hydrogen) atoms. The lowest BCUT2D eigenvalue weighted by atomic mass is 10.1. The molecule has 0 atom stereocenters. The highest BCUT2D eigenvalue weighted by atomic mass is 32.2. The van der Waals surface area contributed by atoms with Crippen molar-refractivity contribution in [1.82, 2.24) is 15.2 Å². The highest BCUT2D eigenvalue weighted by Gasteiger charge is 2.08. The SMILES string of the molecule is Cc1cccc(C)c1Nc1nncc(NCCc2ccc(S(N)(=O)=O)cc2)n1. The van der Waals surface area contributed by atoms with E-state index in [9.17, 15) is 8.42 Å². The average molecular weight is 398 g/mol. The third kappa shape index (κ3) is 5.02. The van der Waals surface area contributed by atoms with Crippen LogP contribution in [0.4, 0.5) is 17.5 Å². The molecule has 0 aliphatic heterocycles. The van der Waals surface area contributed by atoms with E-state index in [1.807, 2.05) is 32.0 Å². The molecule has 9 heteroatoms. The quantitative estimate of drug-likeness (QED) is 0.559. The zero-order valence-corrected chi connectivity index (χ0v) is 16.5. The number of para-hydroxylation sites is 1. The molecule has 2 aromatic carbocycles. The first-order chi connectivity index (χ1) is 13.3. The Hall–Kier alpha value is -3.04. The van der Waals surface area contributed by atoms with Crippen molar-refractivity contribution in [1.29, 1.82) is 0 Å². The maximum Gasteiger partial charge on any atom is 0.249 e. The summed E-state index contributed by atoms with van der Waals surface area (Å²) in [5.41, 5.74) is 4.15. The van der Waals surface area contributed by atoms with Crippen LogP contribution in [0.1, 0.15) is 16.7 Å². The van der Waals surface area contributed by atoms with Gasteiger partial charge in [0.15, 0.2) is 5.82 Å². The molecule has 0 saturated heterocycles. The zero-order valence-electron chi connectivity index (χ0n) is 15.7. The summed E-state index contributed by atoms with van der Waals surface area (Å²) in [6, 6.07) is 12.5. The number of benzene rings is 2. The van der Waals surface area contributed by atoms with Crippen molar-refractivity contribution in [3.05, 3.63) is 65.4 Å². The molecular weight excluding hydrogens is 376 g/mol. The topological polar surface area (TPSA) is 123 Å². The molecule has 146 valence electrons. The summed E-state index contributed by atoms with van der Waals surface area (Å²) < 4.78 is 22.6. The summed E-state index contributed by atoms with van der Waals surface area (Å²) in [6.07, 6.45) is 2.24. The van der Waals surface area contributed by atoms with E-state index in [2.05, 4.69) is 25.8 Å². The number of rotatable bonds is 7. The number of nitrogens with one attached hydrogen (secondary N) is 2. The Bertz CT molecular complexity index is 1050. The van der Waals surface area contributed by atoms with Crippen LogP contribution >= 0.6 is 0 Å². The summed E-state index contributed by atoms with van der Waals surface area (Å²) >= 11 is 0. The minimum absolute atomic E-state index is 0.103. The lowest BCUT2D eigenvalue weighted by Gasteiger charge is -2.11. The Kier molecular flexibility index (Phi) is 5.86. The fourth-order valence-electron chi connectivity index (χ4n) is 2.75. The molecule has 0 bridgehead atoms. The van der Waals surface area contributed by atoms with Crippen LogP contribution in [0.3, 0.4) is 0 Å². The molecule has 0 aliphatic rings. The van der Waals surface area contributed by atoms with Crippen LogP contribution in [-0.4, -0.2) is 30.1 Å². The molecule has 0 radical (unpaired) electrons. The monoisotopic (exact) mass is 398 g/mol. The van der Waals surface area contributed by atoms with Crippen LogP contribution in [-0.2, 0) is 16.4 Å². The first-order valence-corrected chi connectivity index (χ1v) is 10.3. The Morgan fingerprint density at radius 1 is 1.04 bits per heavy atom. The van der Waals surface area contributed by atoms with Gasteiger partial charge in [-0.25, -0.2) is 13.6 Å². The standard InChI is InChI=1S/C19H22N6O2S/c1-13-4-3-5-14(2)18(13)24-19-23-17(12-22-25-19)21-11-10-15-6-8-16(9-7-15)28(20,26)27/h3-9,12H,10-11H2,1-2H3,(H2,20,26,27)(H2,21,23,24,25). The number of primary sulfonamides is 1. The summed E-state index contributed by atoms with van der Waals surface area (Å²) in [6.45, 7) is 4.65. The molecule has 0 amide bonds. The molecule has 0 saturated carbocycles. The van der Waals surface area contributed by atoms with Crippen molar-refractivity contribution in [2.24, 2.45) is 5.14 Å². The Balaban J connectivity index is 1.61. The van der Waals surface area contributed by atoms with E-state index < -0.39 is 10.0 Å². The van der Waals surface area contributed by atoms with E-state index in [0.717, 1.165) is 22.4 Å². The third-order valence-corrected chi connectivity index (χ3v) is 5.18. The maximum atomic E-state index is 11.3. The van der Waals surface area contributed by atoms with Crippen LogP contribution in [0.2, 0.25) is 0 Å². The molecule has 0 aliphatic carbocycles. The van der Waals surface area contributed by atoms with Crippen LogP contribution in [0.25, 0.3) is 0 Å². The molecule has 1 aromatic heterocycles. The van der Waals surface area contributed by atoms with Gasteiger partial charge in [-0.3, -0.25) is 0 Å². The zero-order chi connectivity index (χ0) is 20.1. The van der Waals surface area contributed by atoms with Gasteiger partial charge in [-0.2, -0.15) is 10.1 Å². The van der Waals surface area contributed by atoms with Crippen LogP contribution in [0, 0.1) is 13.8 Å². The number of anilines is 3. The van der Waals surface area contributed by atoms with Gasteiger partial charge in [-0.15, -0.1) is 5.10 Å². The van der Waals surface area contributed by atoms with E-state index >= 15 is 0 Å². The highest BCUT2D eigenvalue weighted by Crippen LogP contribution is 2.22. The summed E-state index contributed by atoms with van der Waals surface area (Å²) in [5, 5.41) is 19.5. The number of nitrogens with two attached hydrogens (primary N) is 1. The fraction of sp³-hybridized carbons (Fsp3) is 0.211. The molecule has 3 aromatic rings. The number of sulfonamides is 1. The number of aryl methyl sites for hydroxylation is 2. The van der Waals surface area contributed by atoms with E-state index in [0.29, 0.717) is 24.7 Å². The average Bonchev–Trinajstić information content (AvgIpc) is 2.65.